The van der Waals surface area contributed by atoms with E-state index in [-0.39, 0.29) is 17.1 Å². The van der Waals surface area contributed by atoms with Crippen molar-refractivity contribution in [2.75, 3.05) is 33.3 Å². The van der Waals surface area contributed by atoms with Gasteiger partial charge in [-0.15, -0.1) is 0 Å². The molecule has 5 nitrogen and oxygen atoms in total. The third-order valence-corrected chi connectivity index (χ3v) is 7.09. The molecule has 178 valence electrons. The van der Waals surface area contributed by atoms with Gasteiger partial charge in [-0.2, -0.15) is 0 Å². The predicted octanol–water partition coefficient (Wildman–Crippen LogP) is 3.65. The molecule has 0 spiro atoms. The second-order valence-corrected chi connectivity index (χ2v) is 9.63. The van der Waals surface area contributed by atoms with Crippen molar-refractivity contribution in [2.45, 2.75) is 58.1 Å². The number of hydrogen-bond acceptors (Lipinski definition) is 3. The third kappa shape index (κ3) is 8.83. The van der Waals surface area contributed by atoms with Gasteiger partial charge in [0.05, 0.1) is 6.10 Å². The van der Waals surface area contributed by atoms with Gasteiger partial charge < -0.3 is 25.9 Å². The van der Waals surface area contributed by atoms with Crippen LogP contribution in [0.25, 0.3) is 0 Å². The molecule has 5 N–H and O–H groups in total. The predicted molar refractivity (Wildman–Crippen MR) is 131 cm³/mol. The van der Waals surface area contributed by atoms with Crippen LogP contribution >= 0.6 is 11.6 Å². The second-order valence-electron chi connectivity index (χ2n) is 9.19. The number of nitrogens with one attached hydrogen (secondary N) is 1. The molecule has 1 saturated heterocycles. The zero-order valence-corrected chi connectivity index (χ0v) is 20.2. The number of nitrogens with zero attached hydrogens (tertiary/aromatic N) is 1. The molecular weight excluding hydrogens is 412 g/mol. The van der Waals surface area contributed by atoms with Gasteiger partial charge in [-0.25, -0.2) is 0 Å². The van der Waals surface area contributed by atoms with Crippen molar-refractivity contribution < 1.29 is 15.7 Å². The minimum atomic E-state index is 0. The lowest BCUT2D eigenvalue weighted by molar-refractivity contribution is 0.138. The van der Waals surface area contributed by atoms with Crippen LogP contribution in [0.1, 0.15) is 46.0 Å². The van der Waals surface area contributed by atoms with Crippen LogP contribution in [0.4, 0.5) is 0 Å². The smallest absolute Gasteiger partial charge is 0.0792 e. The van der Waals surface area contributed by atoms with Crippen LogP contribution < -0.4 is 5.32 Å². The SMILES string of the molecule is COC1C=C(CCN[C@@H](CN2CCC(C3C=CC(Cl)=CC3)CC2)C(C)C)C=CC1.O.O. The van der Waals surface area contributed by atoms with Gasteiger partial charge in [0.15, 0.2) is 0 Å². The van der Waals surface area contributed by atoms with Crippen LogP contribution in [-0.4, -0.2) is 61.3 Å². The van der Waals surface area contributed by atoms with E-state index in [1.54, 1.807) is 7.11 Å². The summed E-state index contributed by atoms with van der Waals surface area (Å²) < 4.78 is 5.48. The molecule has 6 heteroatoms. The minimum Gasteiger partial charge on any atom is -0.412 e. The maximum absolute atomic E-state index is 6.08. The van der Waals surface area contributed by atoms with E-state index >= 15 is 0 Å². The molecule has 31 heavy (non-hydrogen) atoms. The highest BCUT2D eigenvalue weighted by molar-refractivity contribution is 6.31. The molecule has 0 saturated carbocycles. The molecule has 0 aromatic heterocycles. The molecule has 2 aliphatic carbocycles. The summed E-state index contributed by atoms with van der Waals surface area (Å²) in [5.74, 6) is 2.14. The number of rotatable bonds is 9. The Labute approximate surface area is 193 Å². The number of hydrogen-bond donors (Lipinski definition) is 1. The van der Waals surface area contributed by atoms with Crippen LogP contribution in [0.2, 0.25) is 0 Å². The molecule has 0 aromatic rings. The zero-order valence-electron chi connectivity index (χ0n) is 19.4. The number of likely N-dealkylation sites (tertiary alicyclic amines) is 1. The molecule has 1 heterocycles. The van der Waals surface area contributed by atoms with Gasteiger partial charge in [0.2, 0.25) is 0 Å². The van der Waals surface area contributed by atoms with E-state index in [1.807, 2.05) is 0 Å². The molecule has 3 aliphatic rings. The van der Waals surface area contributed by atoms with Crippen molar-refractivity contribution in [2.24, 2.45) is 17.8 Å². The van der Waals surface area contributed by atoms with E-state index in [4.69, 9.17) is 16.3 Å². The van der Waals surface area contributed by atoms with Gasteiger partial charge >= 0.3 is 0 Å². The highest BCUT2D eigenvalue weighted by Gasteiger charge is 2.27. The first-order valence-electron chi connectivity index (χ1n) is 11.4. The van der Waals surface area contributed by atoms with Crippen LogP contribution in [-0.2, 0) is 4.74 Å². The Bertz CT molecular complexity index is 637. The first-order chi connectivity index (χ1) is 14.0. The maximum atomic E-state index is 6.08. The van der Waals surface area contributed by atoms with Crippen molar-refractivity contribution in [3.63, 3.8) is 0 Å². The van der Waals surface area contributed by atoms with Crippen molar-refractivity contribution in [3.8, 4) is 0 Å². The maximum Gasteiger partial charge on any atom is 0.0792 e. The van der Waals surface area contributed by atoms with E-state index in [9.17, 15) is 0 Å². The fourth-order valence-corrected chi connectivity index (χ4v) is 4.92. The van der Waals surface area contributed by atoms with Crippen LogP contribution in [0.3, 0.4) is 0 Å². The lowest BCUT2D eigenvalue weighted by atomic mass is 9.80. The molecule has 0 radical (unpaired) electrons. The molecule has 2 unspecified atom stereocenters. The minimum absolute atomic E-state index is 0. The first-order valence-corrected chi connectivity index (χ1v) is 11.8. The summed E-state index contributed by atoms with van der Waals surface area (Å²) in [6, 6.07) is 0.550. The van der Waals surface area contributed by atoms with Crippen molar-refractivity contribution in [1.82, 2.24) is 10.2 Å². The monoisotopic (exact) mass is 454 g/mol. The molecule has 1 fully saturated rings. The van der Waals surface area contributed by atoms with Crippen molar-refractivity contribution >= 4 is 11.6 Å². The van der Waals surface area contributed by atoms with E-state index in [0.29, 0.717) is 17.9 Å². The Hall–Kier alpha value is -0.950. The lowest BCUT2D eigenvalue weighted by Gasteiger charge is -2.38. The summed E-state index contributed by atoms with van der Waals surface area (Å²) in [6.07, 6.45) is 19.4. The van der Waals surface area contributed by atoms with Crippen molar-refractivity contribution in [3.05, 3.63) is 47.1 Å². The summed E-state index contributed by atoms with van der Waals surface area (Å²) >= 11 is 6.08. The number of allylic oxidation sites excluding steroid dienone is 5. The number of ether oxygens (including phenoxy) is 1. The Kier molecular flexibility index (Phi) is 12.9. The molecular formula is C25H43ClN2O3. The van der Waals surface area contributed by atoms with Crippen LogP contribution in [0.5, 0.6) is 0 Å². The summed E-state index contributed by atoms with van der Waals surface area (Å²) in [5, 5.41) is 4.74. The molecule has 1 aliphatic heterocycles. The molecule has 0 amide bonds. The highest BCUT2D eigenvalue weighted by atomic mass is 35.5. The van der Waals surface area contributed by atoms with Crippen LogP contribution in [0.15, 0.2) is 47.1 Å². The van der Waals surface area contributed by atoms with Gasteiger partial charge in [-0.1, -0.05) is 55.8 Å². The summed E-state index contributed by atoms with van der Waals surface area (Å²) in [7, 11) is 1.80. The average molecular weight is 455 g/mol. The fourth-order valence-electron chi connectivity index (χ4n) is 4.76. The summed E-state index contributed by atoms with van der Waals surface area (Å²) in [5.41, 5.74) is 1.40. The van der Waals surface area contributed by atoms with E-state index in [0.717, 1.165) is 43.3 Å². The fraction of sp³-hybridized carbons (Fsp3) is 0.680. The topological polar surface area (TPSA) is 87.5 Å². The quantitative estimate of drug-likeness (QED) is 0.576. The number of piperidine rings is 1. The van der Waals surface area contributed by atoms with Crippen molar-refractivity contribution in [1.29, 1.82) is 0 Å². The summed E-state index contributed by atoms with van der Waals surface area (Å²) in [6.45, 7) is 9.32. The van der Waals surface area contributed by atoms with Gasteiger partial charge in [-0.3, -0.25) is 0 Å². The van der Waals surface area contributed by atoms with E-state index < -0.39 is 0 Å². The third-order valence-electron chi connectivity index (χ3n) is 6.81. The van der Waals surface area contributed by atoms with E-state index in [2.05, 4.69) is 60.5 Å². The Morgan fingerprint density at radius 2 is 1.90 bits per heavy atom. The van der Waals surface area contributed by atoms with Crippen LogP contribution in [0, 0.1) is 17.8 Å². The first kappa shape index (κ1) is 28.1. The van der Waals surface area contributed by atoms with Gasteiger partial charge in [-0.05, 0) is 81.1 Å². The Morgan fingerprint density at radius 1 is 1.16 bits per heavy atom. The molecule has 0 bridgehead atoms. The van der Waals surface area contributed by atoms with Gasteiger partial charge in [0.1, 0.15) is 0 Å². The lowest BCUT2D eigenvalue weighted by Crippen LogP contribution is -2.47. The second kappa shape index (κ2) is 14.2. The highest BCUT2D eigenvalue weighted by Crippen LogP contribution is 2.32. The summed E-state index contributed by atoms with van der Waals surface area (Å²) in [4.78, 5) is 2.67. The molecule has 3 rings (SSSR count). The standard InChI is InChI=1S/C25H39ClN2O.2H2O/c1-19(2)25(27-14-11-20-5-4-6-24(17-20)29-3)18-28-15-12-22(13-16-28)21-7-9-23(26)10-8-21;;/h4-5,7,9-10,17,19,21-22,24-25,27H,6,8,11-16,18H2,1-3H3;2*1H2/t21?,24?,25-;;/m0../s1. The van der Waals surface area contributed by atoms with E-state index in [1.165, 1.54) is 31.5 Å². The zero-order chi connectivity index (χ0) is 20.6. The number of halogens is 1. The average Bonchev–Trinajstić information content (AvgIpc) is 2.74. The van der Waals surface area contributed by atoms with Gasteiger partial charge in [0, 0.05) is 24.7 Å². The molecule has 0 aromatic carbocycles. The Morgan fingerprint density at radius 3 is 2.52 bits per heavy atom. The number of methoxy groups -OCH3 is 1. The largest absolute Gasteiger partial charge is 0.412 e. The van der Waals surface area contributed by atoms with Gasteiger partial charge in [0.25, 0.3) is 0 Å². The Balaban J connectivity index is 0.00000240. The molecule has 3 atom stereocenters. The normalized spacial score (nSPS) is 25.5.